The Morgan fingerprint density at radius 2 is 2.04 bits per heavy atom. The van der Waals surface area contributed by atoms with Crippen molar-refractivity contribution in [3.05, 3.63) is 11.6 Å². The summed E-state index contributed by atoms with van der Waals surface area (Å²) in [5.41, 5.74) is 1.05. The highest BCUT2D eigenvalue weighted by Gasteiger charge is 2.79. The predicted molar refractivity (Wildman–Crippen MR) is 93.8 cm³/mol. The van der Waals surface area contributed by atoms with Gasteiger partial charge in [-0.1, -0.05) is 19.4 Å². The van der Waals surface area contributed by atoms with Crippen LogP contribution in [0.5, 0.6) is 0 Å². The van der Waals surface area contributed by atoms with Crippen LogP contribution < -0.4 is 5.32 Å². The maximum atomic E-state index is 12.4. The van der Waals surface area contributed by atoms with Gasteiger partial charge in [0.1, 0.15) is 0 Å². The maximum absolute atomic E-state index is 12.4. The van der Waals surface area contributed by atoms with Crippen LogP contribution in [0.1, 0.15) is 59.3 Å². The summed E-state index contributed by atoms with van der Waals surface area (Å²) in [6, 6.07) is 0. The number of fused-ring (bicyclic) bond motifs is 7. The van der Waals surface area contributed by atoms with E-state index in [9.17, 15) is 9.59 Å². The molecule has 1 amide bonds. The van der Waals surface area contributed by atoms with Gasteiger partial charge in [-0.3, -0.25) is 9.59 Å². The molecule has 4 nitrogen and oxygen atoms in total. The first-order valence-electron chi connectivity index (χ1n) is 10.0. The zero-order chi connectivity index (χ0) is 17.6. The topological polar surface area (TPSA) is 58.7 Å². The van der Waals surface area contributed by atoms with Crippen LogP contribution in [0.15, 0.2) is 11.6 Å². The van der Waals surface area contributed by atoms with Gasteiger partial charge in [0.25, 0.3) is 0 Å². The van der Waals surface area contributed by atoms with E-state index in [0.717, 1.165) is 38.6 Å². The number of allylic oxidation sites excluding steroid dienone is 1. The van der Waals surface area contributed by atoms with Crippen LogP contribution >= 0.6 is 0 Å². The Morgan fingerprint density at radius 1 is 1.24 bits per heavy atom. The molecule has 0 aromatic carbocycles. The van der Waals surface area contributed by atoms with Gasteiger partial charge in [0.05, 0.1) is 6.10 Å². The van der Waals surface area contributed by atoms with Crippen molar-refractivity contribution >= 4 is 11.7 Å². The van der Waals surface area contributed by atoms with Crippen molar-refractivity contribution in [3.63, 3.8) is 0 Å². The third-order valence-electron chi connectivity index (χ3n) is 8.94. The van der Waals surface area contributed by atoms with Crippen LogP contribution in [0.3, 0.4) is 0 Å². The molecule has 0 spiro atoms. The van der Waals surface area contributed by atoms with Crippen molar-refractivity contribution in [2.24, 2.45) is 28.6 Å². The number of nitrogens with one attached hydrogen (secondary N) is 1. The van der Waals surface area contributed by atoms with Gasteiger partial charge in [-0.2, -0.15) is 0 Å². The molecule has 0 radical (unpaired) electrons. The Labute approximate surface area is 149 Å². The number of rotatable bonds is 1. The molecule has 2 heterocycles. The second-order valence-electron chi connectivity index (χ2n) is 9.63. The average Bonchev–Trinajstić information content (AvgIpc) is 3.25. The summed E-state index contributed by atoms with van der Waals surface area (Å²) in [6.45, 7) is 7.23. The fraction of sp³-hybridized carbons (Fsp3) is 0.810. The molecule has 1 N–H and O–H groups in total. The molecule has 5 rings (SSSR count). The van der Waals surface area contributed by atoms with Crippen molar-refractivity contribution in [1.29, 1.82) is 0 Å². The lowest BCUT2D eigenvalue weighted by Crippen LogP contribution is -2.54. The minimum absolute atomic E-state index is 0.0149. The molecule has 1 saturated heterocycles. The van der Waals surface area contributed by atoms with Crippen LogP contribution in [0.4, 0.5) is 0 Å². The lowest BCUT2D eigenvalue weighted by atomic mass is 9.47. The largest absolute Gasteiger partial charge is 0.357 e. The van der Waals surface area contributed by atoms with Crippen molar-refractivity contribution in [2.45, 2.75) is 71.0 Å². The maximum Gasteiger partial charge on any atom is 0.243 e. The molecule has 3 saturated carbocycles. The molecule has 4 fully saturated rings. The smallest absolute Gasteiger partial charge is 0.243 e. The molecule has 7 unspecified atom stereocenters. The van der Waals surface area contributed by atoms with Gasteiger partial charge in [-0.15, -0.1) is 0 Å². The van der Waals surface area contributed by atoms with Crippen molar-refractivity contribution < 1.29 is 14.3 Å². The summed E-state index contributed by atoms with van der Waals surface area (Å²) < 4.78 is 6.00. The third-order valence-corrected chi connectivity index (χ3v) is 8.94. The number of Topliss-reactive ketones (excluding diaryl/α,β-unsaturated/α-hetero) is 1. The number of carbonyl (C=O) groups is 2. The van der Waals surface area contributed by atoms with Gasteiger partial charge in [0, 0.05) is 18.0 Å². The van der Waals surface area contributed by atoms with Gasteiger partial charge >= 0.3 is 0 Å². The fourth-order valence-electron chi connectivity index (χ4n) is 7.63. The highest BCUT2D eigenvalue weighted by Crippen LogP contribution is 2.73. The Hall–Kier alpha value is -1.16. The quantitative estimate of drug-likeness (QED) is 0.745. The summed E-state index contributed by atoms with van der Waals surface area (Å²) in [4.78, 5) is 24.4. The number of epoxide rings is 1. The van der Waals surface area contributed by atoms with E-state index in [2.05, 4.69) is 19.2 Å². The summed E-state index contributed by atoms with van der Waals surface area (Å²) in [5, 5.41) is 3.03. The Bertz CT molecular complexity index is 699. The molecule has 5 aliphatic rings. The van der Waals surface area contributed by atoms with Crippen molar-refractivity contribution in [3.8, 4) is 0 Å². The van der Waals surface area contributed by atoms with E-state index in [1.165, 1.54) is 12.0 Å². The second-order valence-corrected chi connectivity index (χ2v) is 9.63. The van der Waals surface area contributed by atoms with Crippen molar-refractivity contribution in [1.82, 2.24) is 5.32 Å². The Morgan fingerprint density at radius 3 is 2.80 bits per heavy atom. The zero-order valence-corrected chi connectivity index (χ0v) is 15.6. The molecule has 0 aromatic heterocycles. The molecular formula is C21H29NO3. The highest BCUT2D eigenvalue weighted by atomic mass is 16.6. The predicted octanol–water partition coefficient (Wildman–Crippen LogP) is 3.01. The third kappa shape index (κ3) is 1.77. The Kier molecular flexibility index (Phi) is 3.06. The van der Waals surface area contributed by atoms with Gasteiger partial charge in [-0.25, -0.2) is 0 Å². The molecule has 25 heavy (non-hydrogen) atoms. The molecule has 0 aromatic rings. The molecular weight excluding hydrogens is 314 g/mol. The summed E-state index contributed by atoms with van der Waals surface area (Å²) >= 11 is 0. The molecule has 3 aliphatic carbocycles. The first-order chi connectivity index (χ1) is 11.8. The summed E-state index contributed by atoms with van der Waals surface area (Å²) in [5.74, 6) is 2.23. The van der Waals surface area contributed by atoms with Crippen LogP contribution in [0.2, 0.25) is 0 Å². The Balaban J connectivity index is 1.51. The summed E-state index contributed by atoms with van der Waals surface area (Å²) in [7, 11) is 0. The van der Waals surface area contributed by atoms with Crippen LogP contribution in [0.25, 0.3) is 0 Å². The van der Waals surface area contributed by atoms with E-state index < -0.39 is 5.60 Å². The number of hydrogen-bond donors (Lipinski definition) is 1. The molecule has 4 heteroatoms. The monoisotopic (exact) mass is 343 g/mol. The number of ether oxygens (including phenoxy) is 1. The van der Waals surface area contributed by atoms with Gasteiger partial charge in [-0.05, 0) is 68.6 Å². The van der Waals surface area contributed by atoms with Gasteiger partial charge in [0.2, 0.25) is 5.91 Å². The van der Waals surface area contributed by atoms with E-state index in [0.29, 0.717) is 17.8 Å². The first-order valence-corrected chi connectivity index (χ1v) is 10.0. The normalized spacial score (nSPS) is 53.4. The van der Waals surface area contributed by atoms with E-state index in [1.807, 2.05) is 6.08 Å². The van der Waals surface area contributed by atoms with Gasteiger partial charge in [0.15, 0.2) is 11.4 Å². The molecule has 0 bridgehead atoms. The molecule has 136 valence electrons. The molecule has 2 aliphatic heterocycles. The standard InChI is InChI=1S/C21H29NO3/c1-12(23)21-17(25-21)11-16-14-5-4-13-10-18(24)22-9-8-19(13,2)15(14)6-7-20(16,21)3/h10,14-17H,4-9,11H2,1-3H3,(H,22,24). The van der Waals surface area contributed by atoms with Gasteiger partial charge < -0.3 is 10.1 Å². The van der Waals surface area contributed by atoms with Crippen LogP contribution in [-0.2, 0) is 14.3 Å². The molecule has 7 atom stereocenters. The van der Waals surface area contributed by atoms with E-state index in [1.54, 1.807) is 6.92 Å². The van der Waals surface area contributed by atoms with Crippen LogP contribution in [-0.4, -0.2) is 29.9 Å². The highest BCUT2D eigenvalue weighted by molar-refractivity contribution is 5.90. The number of amides is 1. The minimum Gasteiger partial charge on any atom is -0.357 e. The SMILES string of the molecule is CC(=O)C12OC1CC1C3CCC4=CC(=O)NCCC4(C)C3CCC12C. The first kappa shape index (κ1) is 16.0. The fourth-order valence-corrected chi connectivity index (χ4v) is 7.63. The second kappa shape index (κ2) is 4.76. The number of hydrogen-bond acceptors (Lipinski definition) is 3. The number of ketones is 1. The van der Waals surface area contributed by atoms with E-state index >= 15 is 0 Å². The number of carbonyl (C=O) groups excluding carboxylic acids is 2. The average molecular weight is 343 g/mol. The zero-order valence-electron chi connectivity index (χ0n) is 15.6. The lowest BCUT2D eigenvalue weighted by molar-refractivity contribution is -0.135. The van der Waals surface area contributed by atoms with Crippen molar-refractivity contribution in [2.75, 3.05) is 6.54 Å². The summed E-state index contributed by atoms with van der Waals surface area (Å²) in [6.07, 6.45) is 8.61. The van der Waals surface area contributed by atoms with E-state index in [4.69, 9.17) is 4.74 Å². The van der Waals surface area contributed by atoms with Crippen LogP contribution in [0, 0.1) is 28.6 Å². The minimum atomic E-state index is -0.472. The lowest BCUT2D eigenvalue weighted by Gasteiger charge is -2.57. The van der Waals surface area contributed by atoms with E-state index in [-0.39, 0.29) is 28.6 Å².